The second-order valence-electron chi connectivity index (χ2n) is 5.74. The third-order valence-electron chi connectivity index (χ3n) is 4.27. The predicted octanol–water partition coefficient (Wildman–Crippen LogP) is 2.27. The van der Waals surface area contributed by atoms with Gasteiger partial charge >= 0.3 is 0 Å². The molecule has 0 spiro atoms. The maximum Gasteiger partial charge on any atom is 0.0476 e. The lowest BCUT2D eigenvalue weighted by Crippen LogP contribution is -2.54. The van der Waals surface area contributed by atoms with Gasteiger partial charge in [0, 0.05) is 31.8 Å². The van der Waals surface area contributed by atoms with Gasteiger partial charge in [-0.05, 0) is 40.3 Å². The molecule has 1 aliphatic rings. The summed E-state index contributed by atoms with van der Waals surface area (Å²) in [5.41, 5.74) is 0.388. The van der Waals surface area contributed by atoms with E-state index in [1.807, 2.05) is 0 Å². The van der Waals surface area contributed by atoms with E-state index < -0.39 is 0 Å². The third kappa shape index (κ3) is 4.57. The van der Waals surface area contributed by atoms with E-state index in [1.54, 1.807) is 7.11 Å². The molecule has 1 N–H and O–H groups in total. The quantitative estimate of drug-likeness (QED) is 0.741. The zero-order chi connectivity index (χ0) is 12.7. The Morgan fingerprint density at radius 2 is 1.88 bits per heavy atom. The van der Waals surface area contributed by atoms with Gasteiger partial charge in [-0.3, -0.25) is 0 Å². The zero-order valence-electron chi connectivity index (χ0n) is 12.1. The molecule has 17 heavy (non-hydrogen) atoms. The molecule has 3 heteroatoms. The number of rotatable bonds is 7. The monoisotopic (exact) mass is 242 g/mol. The Labute approximate surface area is 107 Å². The van der Waals surface area contributed by atoms with Gasteiger partial charge in [-0.15, -0.1) is 0 Å². The maximum absolute atomic E-state index is 5.13. The van der Waals surface area contributed by atoms with E-state index in [1.165, 1.54) is 32.1 Å². The van der Waals surface area contributed by atoms with Crippen LogP contribution in [0.4, 0.5) is 0 Å². The molecule has 1 unspecified atom stereocenters. The van der Waals surface area contributed by atoms with Crippen molar-refractivity contribution in [2.75, 3.05) is 34.4 Å². The highest BCUT2D eigenvalue weighted by atomic mass is 16.5. The van der Waals surface area contributed by atoms with Crippen LogP contribution in [0.3, 0.4) is 0 Å². The fourth-order valence-electron chi connectivity index (χ4n) is 2.75. The topological polar surface area (TPSA) is 24.5 Å². The van der Waals surface area contributed by atoms with E-state index in [4.69, 9.17) is 4.74 Å². The second kappa shape index (κ2) is 7.34. The molecule has 0 bridgehead atoms. The van der Waals surface area contributed by atoms with Crippen molar-refractivity contribution in [1.82, 2.24) is 10.2 Å². The van der Waals surface area contributed by atoms with Gasteiger partial charge in [0.05, 0.1) is 0 Å². The zero-order valence-corrected chi connectivity index (χ0v) is 12.1. The molecule has 0 heterocycles. The van der Waals surface area contributed by atoms with Gasteiger partial charge in [0.1, 0.15) is 0 Å². The van der Waals surface area contributed by atoms with Crippen molar-refractivity contribution in [1.29, 1.82) is 0 Å². The molecule has 0 saturated heterocycles. The summed E-state index contributed by atoms with van der Waals surface area (Å²) in [7, 11) is 6.23. The molecule has 0 radical (unpaired) electrons. The molecule has 1 fully saturated rings. The number of hydrogen-bond acceptors (Lipinski definition) is 3. The summed E-state index contributed by atoms with van der Waals surface area (Å²) in [6.45, 7) is 4.22. The third-order valence-corrected chi connectivity index (χ3v) is 4.27. The summed E-state index contributed by atoms with van der Waals surface area (Å²) in [5, 5.41) is 3.69. The van der Waals surface area contributed by atoms with Crippen LogP contribution in [-0.2, 0) is 4.74 Å². The Bertz CT molecular complexity index is 200. The largest absolute Gasteiger partial charge is 0.385 e. The lowest BCUT2D eigenvalue weighted by Gasteiger charge is -2.44. The number of hydrogen-bond donors (Lipinski definition) is 1. The molecule has 3 nitrogen and oxygen atoms in total. The number of nitrogens with zero attached hydrogens (tertiary/aromatic N) is 1. The van der Waals surface area contributed by atoms with Crippen LogP contribution in [-0.4, -0.2) is 50.8 Å². The Hall–Kier alpha value is -0.120. The van der Waals surface area contributed by atoms with Crippen molar-refractivity contribution >= 4 is 0 Å². The first kappa shape index (κ1) is 14.9. The van der Waals surface area contributed by atoms with Crippen molar-refractivity contribution in [3.05, 3.63) is 0 Å². The molecule has 1 aliphatic carbocycles. The van der Waals surface area contributed by atoms with E-state index in [-0.39, 0.29) is 0 Å². The van der Waals surface area contributed by atoms with Gasteiger partial charge in [-0.1, -0.05) is 19.3 Å². The maximum atomic E-state index is 5.13. The van der Waals surface area contributed by atoms with Crippen LogP contribution in [0.1, 0.15) is 45.4 Å². The van der Waals surface area contributed by atoms with Gasteiger partial charge in [0.15, 0.2) is 0 Å². The van der Waals surface area contributed by atoms with Crippen molar-refractivity contribution in [2.24, 2.45) is 0 Å². The van der Waals surface area contributed by atoms with E-state index in [9.17, 15) is 0 Å². The van der Waals surface area contributed by atoms with Gasteiger partial charge < -0.3 is 15.0 Å². The molecule has 1 atom stereocenters. The molecular formula is C14H30N2O. The smallest absolute Gasteiger partial charge is 0.0476 e. The standard InChI is InChI=1S/C14H30N2O/c1-13(8-11-17-4)15-12-14(16(2)3)9-6-5-7-10-14/h13,15H,5-12H2,1-4H3. The minimum Gasteiger partial charge on any atom is -0.385 e. The minimum atomic E-state index is 0.388. The predicted molar refractivity (Wildman–Crippen MR) is 73.5 cm³/mol. The van der Waals surface area contributed by atoms with E-state index >= 15 is 0 Å². The van der Waals surface area contributed by atoms with Crippen LogP contribution < -0.4 is 5.32 Å². The highest BCUT2D eigenvalue weighted by Gasteiger charge is 2.33. The van der Waals surface area contributed by atoms with Crippen LogP contribution in [0.2, 0.25) is 0 Å². The van der Waals surface area contributed by atoms with Crippen LogP contribution in [0.15, 0.2) is 0 Å². The lowest BCUT2D eigenvalue weighted by atomic mass is 9.80. The number of methoxy groups -OCH3 is 1. The fourth-order valence-corrected chi connectivity index (χ4v) is 2.75. The summed E-state index contributed by atoms with van der Waals surface area (Å²) in [6, 6.07) is 0.550. The first-order chi connectivity index (χ1) is 8.10. The van der Waals surface area contributed by atoms with E-state index in [0.29, 0.717) is 11.6 Å². The Morgan fingerprint density at radius 3 is 2.41 bits per heavy atom. The molecule has 0 aromatic heterocycles. The first-order valence-electron chi connectivity index (χ1n) is 7.00. The van der Waals surface area contributed by atoms with Crippen LogP contribution in [0, 0.1) is 0 Å². The summed E-state index contributed by atoms with van der Waals surface area (Å²) in [6.07, 6.45) is 7.95. The minimum absolute atomic E-state index is 0.388. The van der Waals surface area contributed by atoms with Gasteiger partial charge in [-0.25, -0.2) is 0 Å². The lowest BCUT2D eigenvalue weighted by molar-refractivity contribution is 0.0933. The molecule has 1 rings (SSSR count). The average Bonchev–Trinajstić information content (AvgIpc) is 2.34. The van der Waals surface area contributed by atoms with Crippen molar-refractivity contribution < 1.29 is 4.74 Å². The van der Waals surface area contributed by atoms with Gasteiger partial charge in [-0.2, -0.15) is 0 Å². The number of nitrogens with one attached hydrogen (secondary N) is 1. The van der Waals surface area contributed by atoms with Crippen LogP contribution in [0.5, 0.6) is 0 Å². The summed E-state index contributed by atoms with van der Waals surface area (Å²) >= 11 is 0. The van der Waals surface area contributed by atoms with Gasteiger partial charge in [0.25, 0.3) is 0 Å². The van der Waals surface area contributed by atoms with Crippen molar-refractivity contribution in [3.63, 3.8) is 0 Å². The average molecular weight is 242 g/mol. The molecular weight excluding hydrogens is 212 g/mol. The first-order valence-corrected chi connectivity index (χ1v) is 7.00. The number of likely N-dealkylation sites (N-methyl/N-ethyl adjacent to an activating group) is 1. The highest BCUT2D eigenvalue weighted by Crippen LogP contribution is 2.31. The Morgan fingerprint density at radius 1 is 1.24 bits per heavy atom. The Kier molecular flexibility index (Phi) is 6.45. The summed E-state index contributed by atoms with van der Waals surface area (Å²) in [5.74, 6) is 0. The number of ether oxygens (including phenoxy) is 1. The van der Waals surface area contributed by atoms with E-state index in [2.05, 4.69) is 31.2 Å². The van der Waals surface area contributed by atoms with E-state index in [0.717, 1.165) is 19.6 Å². The molecule has 0 aromatic rings. The molecule has 102 valence electrons. The SMILES string of the molecule is COCCC(C)NCC1(N(C)C)CCCCC1. The second-order valence-corrected chi connectivity index (χ2v) is 5.74. The molecule has 0 amide bonds. The molecule has 1 saturated carbocycles. The summed E-state index contributed by atoms with van der Waals surface area (Å²) < 4.78 is 5.13. The highest BCUT2D eigenvalue weighted by molar-refractivity contribution is 4.93. The Balaban J connectivity index is 2.39. The molecule has 0 aliphatic heterocycles. The fraction of sp³-hybridized carbons (Fsp3) is 1.00. The van der Waals surface area contributed by atoms with Crippen LogP contribution in [0.25, 0.3) is 0 Å². The normalized spacial score (nSPS) is 21.7. The summed E-state index contributed by atoms with van der Waals surface area (Å²) in [4.78, 5) is 2.43. The molecule has 0 aromatic carbocycles. The van der Waals surface area contributed by atoms with Crippen molar-refractivity contribution in [2.45, 2.75) is 57.0 Å². The van der Waals surface area contributed by atoms with Crippen molar-refractivity contribution in [3.8, 4) is 0 Å². The van der Waals surface area contributed by atoms with Crippen LogP contribution >= 0.6 is 0 Å². The van der Waals surface area contributed by atoms with Gasteiger partial charge in [0.2, 0.25) is 0 Å².